The highest BCUT2D eigenvalue weighted by atomic mass is 16.5. The molecule has 0 saturated carbocycles. The largest absolute Gasteiger partial charge is 0.493 e. The van der Waals surface area contributed by atoms with Gasteiger partial charge in [-0.1, -0.05) is 63.1 Å². The van der Waals surface area contributed by atoms with Gasteiger partial charge in [-0.05, 0) is 49.2 Å². The van der Waals surface area contributed by atoms with E-state index >= 15 is 0 Å². The van der Waals surface area contributed by atoms with E-state index in [1.807, 2.05) is 24.3 Å². The van der Waals surface area contributed by atoms with Crippen LogP contribution in [0.25, 0.3) is 0 Å². The number of nitrogens with one attached hydrogen (secondary N) is 1. The van der Waals surface area contributed by atoms with Crippen LogP contribution in [0.1, 0.15) is 50.7 Å². The number of hydrogen-bond acceptors (Lipinski definition) is 4. The Bertz CT molecular complexity index is 668. The molecule has 4 heteroatoms. The van der Waals surface area contributed by atoms with Gasteiger partial charge in [0.1, 0.15) is 6.61 Å². The molecular formula is C25H38N2O2. The maximum atomic E-state index is 5.95. The normalized spacial score (nSPS) is 11.0. The molecule has 0 aliphatic rings. The average molecular weight is 399 g/mol. The third-order valence-electron chi connectivity index (χ3n) is 5.05. The first kappa shape index (κ1) is 23.2. The summed E-state index contributed by atoms with van der Waals surface area (Å²) in [7, 11) is 1.70. The van der Waals surface area contributed by atoms with Crippen LogP contribution in [0, 0.1) is 0 Å². The van der Waals surface area contributed by atoms with Crippen LogP contribution in [0.5, 0.6) is 11.5 Å². The molecule has 160 valence electrons. The number of nitrogens with zero attached hydrogens (tertiary/aromatic N) is 1. The van der Waals surface area contributed by atoms with Gasteiger partial charge in [0, 0.05) is 19.6 Å². The first-order chi connectivity index (χ1) is 14.3. The average Bonchev–Trinajstić information content (AvgIpc) is 2.77. The third kappa shape index (κ3) is 8.88. The second-order valence-corrected chi connectivity index (χ2v) is 7.49. The van der Waals surface area contributed by atoms with Gasteiger partial charge in [0.2, 0.25) is 0 Å². The SMILES string of the molecule is CCCCN(CCCC)CCNCc1ccc(OCc2ccccc2)c(OC)c1. The predicted octanol–water partition coefficient (Wildman–Crippen LogP) is 5.27. The second kappa shape index (κ2) is 14.0. The van der Waals surface area contributed by atoms with E-state index in [0.29, 0.717) is 6.61 Å². The van der Waals surface area contributed by atoms with Gasteiger partial charge >= 0.3 is 0 Å². The van der Waals surface area contributed by atoms with Crippen molar-refractivity contribution >= 4 is 0 Å². The Balaban J connectivity index is 1.79. The van der Waals surface area contributed by atoms with Crippen LogP contribution in [0.2, 0.25) is 0 Å². The van der Waals surface area contributed by atoms with Gasteiger partial charge in [0.25, 0.3) is 0 Å². The molecule has 0 bridgehead atoms. The maximum Gasteiger partial charge on any atom is 0.161 e. The summed E-state index contributed by atoms with van der Waals surface area (Å²) >= 11 is 0. The summed E-state index contributed by atoms with van der Waals surface area (Å²) < 4.78 is 11.5. The minimum Gasteiger partial charge on any atom is -0.493 e. The van der Waals surface area contributed by atoms with Crippen molar-refractivity contribution in [3.8, 4) is 11.5 Å². The quantitative estimate of drug-likeness (QED) is 0.415. The lowest BCUT2D eigenvalue weighted by atomic mass is 10.2. The first-order valence-electron chi connectivity index (χ1n) is 11.0. The van der Waals surface area contributed by atoms with Gasteiger partial charge in [-0.15, -0.1) is 0 Å². The third-order valence-corrected chi connectivity index (χ3v) is 5.05. The highest BCUT2D eigenvalue weighted by molar-refractivity contribution is 5.43. The lowest BCUT2D eigenvalue weighted by Crippen LogP contribution is -2.33. The molecule has 0 radical (unpaired) electrons. The van der Waals surface area contributed by atoms with Crippen LogP contribution in [-0.4, -0.2) is 38.2 Å². The highest BCUT2D eigenvalue weighted by Gasteiger charge is 2.07. The van der Waals surface area contributed by atoms with E-state index in [0.717, 1.165) is 36.7 Å². The second-order valence-electron chi connectivity index (χ2n) is 7.49. The summed E-state index contributed by atoms with van der Waals surface area (Å²) in [6, 6.07) is 16.4. The highest BCUT2D eigenvalue weighted by Crippen LogP contribution is 2.28. The molecule has 0 unspecified atom stereocenters. The van der Waals surface area contributed by atoms with Crippen LogP contribution in [-0.2, 0) is 13.2 Å². The minimum atomic E-state index is 0.542. The van der Waals surface area contributed by atoms with E-state index in [1.165, 1.54) is 44.3 Å². The number of methoxy groups -OCH3 is 1. The lowest BCUT2D eigenvalue weighted by molar-refractivity contribution is 0.264. The topological polar surface area (TPSA) is 33.7 Å². The Morgan fingerprint density at radius 3 is 2.21 bits per heavy atom. The molecule has 0 aliphatic heterocycles. The van der Waals surface area contributed by atoms with Gasteiger partial charge < -0.3 is 19.7 Å². The molecule has 0 fully saturated rings. The van der Waals surface area contributed by atoms with Gasteiger partial charge in [0.05, 0.1) is 7.11 Å². The molecule has 2 rings (SSSR count). The predicted molar refractivity (Wildman–Crippen MR) is 122 cm³/mol. The van der Waals surface area contributed by atoms with Gasteiger partial charge in [0.15, 0.2) is 11.5 Å². The summed E-state index contributed by atoms with van der Waals surface area (Å²) in [6.07, 6.45) is 5.08. The van der Waals surface area contributed by atoms with E-state index < -0.39 is 0 Å². The summed E-state index contributed by atoms with van der Waals surface area (Å²) in [5.41, 5.74) is 2.36. The van der Waals surface area contributed by atoms with Crippen LogP contribution in [0.3, 0.4) is 0 Å². The molecule has 0 spiro atoms. The Morgan fingerprint density at radius 2 is 1.55 bits per heavy atom. The molecule has 0 aromatic heterocycles. The fraction of sp³-hybridized carbons (Fsp3) is 0.520. The number of unbranched alkanes of at least 4 members (excludes halogenated alkanes) is 2. The Morgan fingerprint density at radius 1 is 0.828 bits per heavy atom. The molecule has 4 nitrogen and oxygen atoms in total. The van der Waals surface area contributed by atoms with Crippen molar-refractivity contribution in [1.29, 1.82) is 0 Å². The van der Waals surface area contributed by atoms with Crippen LogP contribution in [0.15, 0.2) is 48.5 Å². The standard InChI is InChI=1S/C25H38N2O2/c1-4-6-16-27(17-7-5-2)18-15-26-20-23-13-14-24(25(19-23)28-3)29-21-22-11-9-8-10-12-22/h8-14,19,26H,4-7,15-18,20-21H2,1-3H3. The van der Waals surface area contributed by atoms with E-state index in [4.69, 9.17) is 9.47 Å². The van der Waals surface area contributed by atoms with Crippen molar-refractivity contribution in [2.24, 2.45) is 0 Å². The monoisotopic (exact) mass is 398 g/mol. The Kier molecular flexibility index (Phi) is 11.2. The molecule has 2 aromatic carbocycles. The minimum absolute atomic E-state index is 0.542. The smallest absolute Gasteiger partial charge is 0.161 e. The number of ether oxygens (including phenoxy) is 2. The molecule has 0 aliphatic carbocycles. The first-order valence-corrected chi connectivity index (χ1v) is 11.0. The lowest BCUT2D eigenvalue weighted by Gasteiger charge is -2.22. The summed E-state index contributed by atoms with van der Waals surface area (Å²) in [6.45, 7) is 10.4. The van der Waals surface area contributed by atoms with Crippen molar-refractivity contribution in [2.45, 2.75) is 52.7 Å². The number of benzene rings is 2. The van der Waals surface area contributed by atoms with Crippen molar-refractivity contribution in [2.75, 3.05) is 33.3 Å². The van der Waals surface area contributed by atoms with Crippen LogP contribution in [0.4, 0.5) is 0 Å². The van der Waals surface area contributed by atoms with E-state index in [1.54, 1.807) is 7.11 Å². The zero-order valence-electron chi connectivity index (χ0n) is 18.5. The van der Waals surface area contributed by atoms with Gasteiger partial charge in [-0.3, -0.25) is 0 Å². The van der Waals surface area contributed by atoms with Crippen LogP contribution >= 0.6 is 0 Å². The van der Waals surface area contributed by atoms with E-state index in [9.17, 15) is 0 Å². The van der Waals surface area contributed by atoms with Gasteiger partial charge in [-0.2, -0.15) is 0 Å². The molecule has 0 atom stereocenters. The molecular weight excluding hydrogens is 360 g/mol. The number of rotatable bonds is 15. The van der Waals surface area contributed by atoms with E-state index in [2.05, 4.69) is 48.3 Å². The Labute approximate surface area is 177 Å². The molecule has 1 N–H and O–H groups in total. The van der Waals surface area contributed by atoms with Crippen molar-refractivity contribution in [1.82, 2.24) is 10.2 Å². The maximum absolute atomic E-state index is 5.95. The number of hydrogen-bond donors (Lipinski definition) is 1. The zero-order valence-corrected chi connectivity index (χ0v) is 18.5. The molecule has 0 amide bonds. The van der Waals surface area contributed by atoms with Crippen molar-refractivity contribution in [3.05, 3.63) is 59.7 Å². The summed E-state index contributed by atoms with van der Waals surface area (Å²) in [5.74, 6) is 1.57. The zero-order chi connectivity index (χ0) is 20.7. The molecule has 2 aromatic rings. The van der Waals surface area contributed by atoms with Crippen molar-refractivity contribution in [3.63, 3.8) is 0 Å². The van der Waals surface area contributed by atoms with Crippen LogP contribution < -0.4 is 14.8 Å². The molecule has 29 heavy (non-hydrogen) atoms. The summed E-state index contributed by atoms with van der Waals surface area (Å²) in [4.78, 5) is 2.58. The fourth-order valence-corrected chi connectivity index (χ4v) is 3.25. The van der Waals surface area contributed by atoms with Gasteiger partial charge in [-0.25, -0.2) is 0 Å². The van der Waals surface area contributed by atoms with Crippen molar-refractivity contribution < 1.29 is 9.47 Å². The van der Waals surface area contributed by atoms with E-state index in [-0.39, 0.29) is 0 Å². The molecule has 0 saturated heterocycles. The summed E-state index contributed by atoms with van der Waals surface area (Å²) in [5, 5.41) is 3.58. The molecule has 0 heterocycles. The fourth-order valence-electron chi connectivity index (χ4n) is 3.25. The Hall–Kier alpha value is -2.04.